The number of benzene rings is 2. The normalized spacial score (nSPS) is 18.0. The Hall–Kier alpha value is -3.16. The van der Waals surface area contributed by atoms with Crippen molar-refractivity contribution in [3.63, 3.8) is 0 Å². The first-order valence-corrected chi connectivity index (χ1v) is 12.9. The third-order valence-corrected chi connectivity index (χ3v) is 8.22. The lowest BCUT2D eigenvalue weighted by molar-refractivity contribution is -0.147. The smallest absolute Gasteiger partial charge is 0.408 e. The van der Waals surface area contributed by atoms with Crippen molar-refractivity contribution in [3.8, 4) is 0 Å². The molecule has 34 heavy (non-hydrogen) atoms. The highest BCUT2D eigenvalue weighted by Crippen LogP contribution is 2.52. The van der Waals surface area contributed by atoms with E-state index < -0.39 is 43.3 Å². The second kappa shape index (κ2) is 11.8. The molecule has 0 spiro atoms. The van der Waals surface area contributed by atoms with Gasteiger partial charge in [0.1, 0.15) is 24.6 Å². The van der Waals surface area contributed by atoms with Crippen LogP contribution in [0.3, 0.4) is 0 Å². The first-order chi connectivity index (χ1) is 16.3. The maximum absolute atomic E-state index is 13.9. The van der Waals surface area contributed by atoms with Crippen LogP contribution in [-0.2, 0) is 36.6 Å². The number of hydrogen-bond acceptors (Lipinski definition) is 6. The molecule has 2 aromatic carbocycles. The van der Waals surface area contributed by atoms with Gasteiger partial charge in [0.2, 0.25) is 13.3 Å². The number of rotatable bonds is 10. The number of ether oxygens (including phenoxy) is 1. The predicted octanol–water partition coefficient (Wildman–Crippen LogP) is 3.83. The molecule has 0 aliphatic carbocycles. The topological polar surface area (TPSA) is 122 Å². The van der Waals surface area contributed by atoms with E-state index in [0.717, 1.165) is 11.1 Å². The van der Waals surface area contributed by atoms with E-state index in [1.165, 1.54) is 11.8 Å². The van der Waals surface area contributed by atoms with E-state index in [9.17, 15) is 24.1 Å². The lowest BCUT2D eigenvalue weighted by Crippen LogP contribution is -2.43. The molecule has 182 valence electrons. The number of likely N-dealkylation sites (tertiary alicyclic amines) is 1. The number of amides is 2. The van der Waals surface area contributed by atoms with Gasteiger partial charge >= 0.3 is 12.1 Å². The van der Waals surface area contributed by atoms with Gasteiger partial charge in [-0.05, 0) is 30.9 Å². The van der Waals surface area contributed by atoms with Gasteiger partial charge in [-0.2, -0.15) is 0 Å². The summed E-state index contributed by atoms with van der Waals surface area (Å²) in [7, 11) is -3.79. The van der Waals surface area contributed by atoms with Gasteiger partial charge in [-0.3, -0.25) is 9.36 Å². The second-order valence-corrected chi connectivity index (χ2v) is 10.9. The largest absolute Gasteiger partial charge is 0.480 e. The highest BCUT2D eigenvalue weighted by atomic mass is 31.2. The van der Waals surface area contributed by atoms with Crippen molar-refractivity contribution in [1.29, 1.82) is 0 Å². The van der Waals surface area contributed by atoms with Crippen LogP contribution in [0.5, 0.6) is 0 Å². The molecule has 1 aliphatic heterocycles. The Morgan fingerprint density at radius 2 is 1.65 bits per heavy atom. The molecule has 0 saturated carbocycles. The van der Waals surface area contributed by atoms with Crippen molar-refractivity contribution in [2.45, 2.75) is 44.8 Å². The third-order valence-electron chi connectivity index (χ3n) is 5.64. The second-order valence-electron chi connectivity index (χ2n) is 8.11. The standard InChI is InChI=1S/C24H29N2O7P/c1-18(25-24(30)32-15-19-9-4-2-5-10-19)34(31,33-16-20-11-6-3-7-12-20)17-22(27)26-14-8-13-21(26)23(28)29/h2-7,9-12,18,21H,8,13-17H2,1H3,(H,25,30)(H,28,29)/t18?,21-,34?/m0/s1. The van der Waals surface area contributed by atoms with Gasteiger partial charge in [-0.15, -0.1) is 0 Å². The molecule has 3 rings (SSSR count). The van der Waals surface area contributed by atoms with Gasteiger partial charge < -0.3 is 24.6 Å². The summed E-state index contributed by atoms with van der Waals surface area (Å²) in [6, 6.07) is 17.2. The van der Waals surface area contributed by atoms with Crippen molar-refractivity contribution in [3.05, 3.63) is 71.8 Å². The average Bonchev–Trinajstić information content (AvgIpc) is 3.33. The van der Waals surface area contributed by atoms with E-state index in [0.29, 0.717) is 12.8 Å². The van der Waals surface area contributed by atoms with Crippen LogP contribution in [0.1, 0.15) is 30.9 Å². The van der Waals surface area contributed by atoms with E-state index in [2.05, 4.69) is 5.32 Å². The molecule has 10 heteroatoms. The van der Waals surface area contributed by atoms with Crippen molar-refractivity contribution in [1.82, 2.24) is 10.2 Å². The minimum atomic E-state index is -3.79. The fourth-order valence-corrected chi connectivity index (χ4v) is 5.50. The molecule has 2 amide bonds. The number of carbonyl (C=O) groups excluding carboxylic acids is 2. The number of carbonyl (C=O) groups is 3. The first kappa shape index (κ1) is 25.5. The molecule has 2 unspecified atom stereocenters. The highest BCUT2D eigenvalue weighted by molar-refractivity contribution is 7.60. The Kier molecular flexibility index (Phi) is 8.85. The van der Waals surface area contributed by atoms with Gasteiger partial charge in [0.15, 0.2) is 0 Å². The molecular formula is C24H29N2O7P. The Morgan fingerprint density at radius 3 is 2.24 bits per heavy atom. The molecule has 1 fully saturated rings. The number of nitrogens with one attached hydrogen (secondary N) is 1. The van der Waals surface area contributed by atoms with Crippen LogP contribution in [0.15, 0.2) is 60.7 Å². The number of alkyl carbamates (subject to hydrolysis) is 1. The van der Waals surface area contributed by atoms with Gasteiger partial charge in [-0.1, -0.05) is 60.7 Å². The SMILES string of the molecule is CC(NC(=O)OCc1ccccc1)P(=O)(CC(=O)N1CCC[C@H]1C(=O)O)OCc1ccccc1. The summed E-state index contributed by atoms with van der Waals surface area (Å²) in [6.07, 6.45) is -0.422. The molecule has 1 aliphatic rings. The Morgan fingerprint density at radius 1 is 1.06 bits per heavy atom. The number of carboxylic acid groups (broad SMARTS) is 1. The Balaban J connectivity index is 1.69. The fourth-order valence-electron chi connectivity index (χ4n) is 3.69. The molecule has 9 nitrogen and oxygen atoms in total. The average molecular weight is 488 g/mol. The van der Waals surface area contributed by atoms with Crippen LogP contribution in [0.2, 0.25) is 0 Å². The molecule has 2 N–H and O–H groups in total. The lowest BCUT2D eigenvalue weighted by Gasteiger charge is -2.28. The van der Waals surface area contributed by atoms with Crippen molar-refractivity contribution in [2.24, 2.45) is 0 Å². The summed E-state index contributed by atoms with van der Waals surface area (Å²) >= 11 is 0. The summed E-state index contributed by atoms with van der Waals surface area (Å²) in [4.78, 5) is 38.0. The summed E-state index contributed by atoms with van der Waals surface area (Å²) in [5.41, 5.74) is 1.54. The van der Waals surface area contributed by atoms with Gasteiger partial charge in [-0.25, -0.2) is 9.59 Å². The van der Waals surface area contributed by atoms with E-state index >= 15 is 0 Å². The van der Waals surface area contributed by atoms with E-state index in [-0.39, 0.29) is 19.8 Å². The molecule has 1 heterocycles. The Bertz CT molecular complexity index is 1030. The van der Waals surface area contributed by atoms with Gasteiger partial charge in [0, 0.05) is 6.54 Å². The molecule has 2 aromatic rings. The van der Waals surface area contributed by atoms with Crippen LogP contribution in [0.25, 0.3) is 0 Å². The monoisotopic (exact) mass is 488 g/mol. The van der Waals surface area contributed by atoms with Crippen molar-refractivity contribution in [2.75, 3.05) is 12.7 Å². The Labute approximate surface area is 198 Å². The van der Waals surface area contributed by atoms with Crippen molar-refractivity contribution < 1.29 is 33.3 Å². The van der Waals surface area contributed by atoms with Crippen LogP contribution in [0, 0.1) is 0 Å². The summed E-state index contributed by atoms with van der Waals surface area (Å²) in [6.45, 7) is 1.76. The zero-order valence-electron chi connectivity index (χ0n) is 19.0. The summed E-state index contributed by atoms with van der Waals surface area (Å²) < 4.78 is 24.8. The quantitative estimate of drug-likeness (QED) is 0.488. The molecule has 0 aromatic heterocycles. The van der Waals surface area contributed by atoms with E-state index in [1.54, 1.807) is 36.4 Å². The molecule has 0 radical (unpaired) electrons. The minimum Gasteiger partial charge on any atom is -0.480 e. The number of nitrogens with zero attached hydrogens (tertiary/aromatic N) is 1. The molecular weight excluding hydrogens is 459 g/mol. The highest BCUT2D eigenvalue weighted by Gasteiger charge is 2.41. The minimum absolute atomic E-state index is 0.0289. The summed E-state index contributed by atoms with van der Waals surface area (Å²) in [5.74, 6) is -2.71. The van der Waals surface area contributed by atoms with Crippen LogP contribution in [-0.4, -0.2) is 52.5 Å². The summed E-state index contributed by atoms with van der Waals surface area (Å²) in [5, 5.41) is 11.9. The number of carboxylic acids is 1. The van der Waals surface area contributed by atoms with Gasteiger partial charge in [0.05, 0.1) is 6.61 Å². The van der Waals surface area contributed by atoms with Crippen LogP contribution >= 0.6 is 7.37 Å². The zero-order chi connectivity index (χ0) is 24.6. The molecule has 3 atom stereocenters. The molecule has 0 bridgehead atoms. The lowest BCUT2D eigenvalue weighted by atomic mass is 10.2. The number of hydrogen-bond donors (Lipinski definition) is 2. The maximum atomic E-state index is 13.9. The fraction of sp³-hybridized carbons (Fsp3) is 0.375. The first-order valence-electron chi connectivity index (χ1n) is 11.1. The van der Waals surface area contributed by atoms with Crippen LogP contribution < -0.4 is 5.32 Å². The third kappa shape index (κ3) is 6.92. The maximum Gasteiger partial charge on any atom is 0.408 e. The molecule has 1 saturated heterocycles. The zero-order valence-corrected chi connectivity index (χ0v) is 19.9. The van der Waals surface area contributed by atoms with Crippen molar-refractivity contribution >= 4 is 25.3 Å². The predicted molar refractivity (Wildman–Crippen MR) is 125 cm³/mol. The number of aliphatic carboxylic acids is 1. The van der Waals surface area contributed by atoms with E-state index in [1.807, 2.05) is 24.3 Å². The van der Waals surface area contributed by atoms with Crippen LogP contribution in [0.4, 0.5) is 4.79 Å². The van der Waals surface area contributed by atoms with Gasteiger partial charge in [0.25, 0.3) is 0 Å². The van der Waals surface area contributed by atoms with E-state index in [4.69, 9.17) is 9.26 Å².